The number of hydrogen-bond donors (Lipinski definition) is 1. The van der Waals surface area contributed by atoms with Crippen LogP contribution in [-0.2, 0) is 6.42 Å². The van der Waals surface area contributed by atoms with Crippen LogP contribution in [0.4, 0.5) is 0 Å². The molecule has 0 aliphatic heterocycles. The van der Waals surface area contributed by atoms with Gasteiger partial charge in [-0.25, -0.2) is 9.78 Å². The predicted molar refractivity (Wildman–Crippen MR) is 101 cm³/mol. The molecule has 3 aromatic rings. The molecule has 0 aliphatic rings. The van der Waals surface area contributed by atoms with E-state index in [1.807, 2.05) is 36.4 Å². The first kappa shape index (κ1) is 17.9. The minimum absolute atomic E-state index is 0.0474. The number of nitrogens with zero attached hydrogens (tertiary/aromatic N) is 1. The molecule has 1 N–H and O–H groups in total. The number of hydrogen-bond acceptors (Lipinski definition) is 5. The van der Waals surface area contributed by atoms with Crippen molar-refractivity contribution in [3.8, 4) is 22.1 Å². The van der Waals surface area contributed by atoms with Crippen LogP contribution < -0.4 is 9.47 Å². The summed E-state index contributed by atoms with van der Waals surface area (Å²) in [5.41, 5.74) is 2.13. The first-order valence-corrected chi connectivity index (χ1v) is 9.09. The third kappa shape index (κ3) is 4.40. The zero-order valence-electron chi connectivity index (χ0n) is 14.3. The van der Waals surface area contributed by atoms with Gasteiger partial charge in [0.25, 0.3) is 0 Å². The molecule has 0 saturated carbocycles. The summed E-state index contributed by atoms with van der Waals surface area (Å²) in [7, 11) is 1.60. The number of ether oxygens (including phenoxy) is 2. The Morgan fingerprint density at radius 3 is 2.65 bits per heavy atom. The monoisotopic (exact) mass is 369 g/mol. The second kappa shape index (κ2) is 8.49. The molecule has 0 bridgehead atoms. The van der Waals surface area contributed by atoms with E-state index in [4.69, 9.17) is 14.6 Å². The summed E-state index contributed by atoms with van der Waals surface area (Å²) < 4.78 is 11.3. The molecular weight excluding hydrogens is 350 g/mol. The quantitative estimate of drug-likeness (QED) is 0.591. The zero-order chi connectivity index (χ0) is 18.4. The van der Waals surface area contributed by atoms with Crippen LogP contribution in [0.5, 0.6) is 11.5 Å². The summed E-state index contributed by atoms with van der Waals surface area (Å²) in [4.78, 5) is 15.1. The van der Waals surface area contributed by atoms with Crippen molar-refractivity contribution >= 4 is 17.3 Å². The van der Waals surface area contributed by atoms with Gasteiger partial charge in [0.05, 0.1) is 13.7 Å². The van der Waals surface area contributed by atoms with Gasteiger partial charge in [0.1, 0.15) is 5.01 Å². The topological polar surface area (TPSA) is 68.7 Å². The van der Waals surface area contributed by atoms with Gasteiger partial charge in [-0.05, 0) is 36.6 Å². The third-order valence-electron chi connectivity index (χ3n) is 3.84. The van der Waals surface area contributed by atoms with Gasteiger partial charge in [0, 0.05) is 10.9 Å². The molecule has 26 heavy (non-hydrogen) atoms. The number of aromatic carboxylic acids is 1. The lowest BCUT2D eigenvalue weighted by Crippen LogP contribution is -2.01. The standard InChI is InChI=1S/C20H19NO4S/c1-24-17-10-9-15(19-21-16(13-26-19)20(22)23)12-18(17)25-11-5-8-14-6-3-2-4-7-14/h2-4,6-7,9-10,12-13H,5,8,11H2,1H3,(H,22,23). The number of thiazole rings is 1. The fraction of sp³-hybridized carbons (Fsp3) is 0.200. The maximum absolute atomic E-state index is 11.0. The van der Waals surface area contributed by atoms with Gasteiger partial charge < -0.3 is 14.6 Å². The van der Waals surface area contributed by atoms with Crippen LogP contribution in [0.3, 0.4) is 0 Å². The van der Waals surface area contributed by atoms with Crippen molar-refractivity contribution in [2.45, 2.75) is 12.8 Å². The van der Waals surface area contributed by atoms with E-state index in [1.165, 1.54) is 22.3 Å². The van der Waals surface area contributed by atoms with Gasteiger partial charge in [0.2, 0.25) is 0 Å². The van der Waals surface area contributed by atoms with Crippen LogP contribution in [0.15, 0.2) is 53.9 Å². The summed E-state index contributed by atoms with van der Waals surface area (Å²) in [6.07, 6.45) is 1.83. The second-order valence-corrected chi connectivity index (χ2v) is 6.50. The fourth-order valence-electron chi connectivity index (χ4n) is 2.53. The molecule has 0 aliphatic carbocycles. The normalized spacial score (nSPS) is 10.5. The summed E-state index contributed by atoms with van der Waals surface area (Å²) in [5, 5.41) is 11.2. The van der Waals surface area contributed by atoms with Crippen LogP contribution in [0.1, 0.15) is 22.5 Å². The molecule has 1 aromatic heterocycles. The number of rotatable bonds is 8. The second-order valence-electron chi connectivity index (χ2n) is 5.65. The molecule has 0 atom stereocenters. The lowest BCUT2D eigenvalue weighted by atomic mass is 10.1. The number of aromatic nitrogens is 1. The summed E-state index contributed by atoms with van der Waals surface area (Å²) in [6.45, 7) is 0.562. The molecule has 1 heterocycles. The number of benzene rings is 2. The highest BCUT2D eigenvalue weighted by Gasteiger charge is 2.13. The first-order valence-electron chi connectivity index (χ1n) is 8.21. The van der Waals surface area contributed by atoms with Crippen LogP contribution in [-0.4, -0.2) is 29.8 Å². The Hall–Kier alpha value is -2.86. The average molecular weight is 369 g/mol. The van der Waals surface area contributed by atoms with Gasteiger partial charge in [-0.3, -0.25) is 0 Å². The molecule has 6 heteroatoms. The van der Waals surface area contributed by atoms with E-state index in [-0.39, 0.29) is 5.69 Å². The van der Waals surface area contributed by atoms with E-state index in [1.54, 1.807) is 7.11 Å². The van der Waals surface area contributed by atoms with Gasteiger partial charge in [-0.2, -0.15) is 0 Å². The lowest BCUT2D eigenvalue weighted by Gasteiger charge is -2.12. The molecule has 2 aromatic carbocycles. The highest BCUT2D eigenvalue weighted by atomic mass is 32.1. The average Bonchev–Trinajstić information content (AvgIpc) is 3.16. The molecular formula is C20H19NO4S. The van der Waals surface area contributed by atoms with E-state index < -0.39 is 5.97 Å². The van der Waals surface area contributed by atoms with Crippen molar-refractivity contribution in [2.75, 3.05) is 13.7 Å². The Labute approximate surface area is 155 Å². The minimum atomic E-state index is -1.03. The molecule has 0 saturated heterocycles. The lowest BCUT2D eigenvalue weighted by molar-refractivity contribution is 0.0691. The van der Waals surface area contributed by atoms with E-state index in [2.05, 4.69) is 17.1 Å². The molecule has 3 rings (SSSR count). The van der Waals surface area contributed by atoms with Gasteiger partial charge in [-0.1, -0.05) is 30.3 Å². The van der Waals surface area contributed by atoms with Gasteiger partial charge in [0.15, 0.2) is 17.2 Å². The molecule has 0 spiro atoms. The highest BCUT2D eigenvalue weighted by Crippen LogP contribution is 2.34. The number of carbonyl (C=O) groups is 1. The Balaban J connectivity index is 1.68. The third-order valence-corrected chi connectivity index (χ3v) is 4.74. The SMILES string of the molecule is COc1ccc(-c2nc(C(=O)O)cs2)cc1OCCCc1ccccc1. The van der Waals surface area contributed by atoms with Crippen LogP contribution >= 0.6 is 11.3 Å². The Kier molecular flexibility index (Phi) is 5.86. The maximum Gasteiger partial charge on any atom is 0.355 e. The van der Waals surface area contributed by atoms with Crippen molar-refractivity contribution < 1.29 is 19.4 Å². The minimum Gasteiger partial charge on any atom is -0.493 e. The fourth-order valence-corrected chi connectivity index (χ4v) is 3.32. The van der Waals surface area contributed by atoms with Crippen LogP contribution in [0, 0.1) is 0 Å². The Morgan fingerprint density at radius 1 is 1.15 bits per heavy atom. The van der Waals surface area contributed by atoms with Gasteiger partial charge >= 0.3 is 5.97 Å². The number of carboxylic acids is 1. The predicted octanol–water partition coefficient (Wildman–Crippen LogP) is 4.53. The van der Waals surface area contributed by atoms with Crippen LogP contribution in [0.2, 0.25) is 0 Å². The van der Waals surface area contributed by atoms with E-state index >= 15 is 0 Å². The zero-order valence-corrected chi connectivity index (χ0v) is 15.2. The van der Waals surface area contributed by atoms with Crippen LogP contribution in [0.25, 0.3) is 10.6 Å². The maximum atomic E-state index is 11.0. The highest BCUT2D eigenvalue weighted by molar-refractivity contribution is 7.13. The number of carboxylic acid groups (broad SMARTS) is 1. The first-order chi connectivity index (χ1) is 12.7. The van der Waals surface area contributed by atoms with Crippen molar-refractivity contribution in [3.63, 3.8) is 0 Å². The van der Waals surface area contributed by atoms with Gasteiger partial charge in [-0.15, -0.1) is 11.3 Å². The molecule has 134 valence electrons. The van der Waals surface area contributed by atoms with Crippen molar-refractivity contribution in [2.24, 2.45) is 0 Å². The summed E-state index contributed by atoms with van der Waals surface area (Å²) in [6, 6.07) is 15.8. The molecule has 0 radical (unpaired) electrons. The molecule has 0 fully saturated rings. The Bertz CT molecular complexity index is 877. The molecule has 0 amide bonds. The number of methoxy groups -OCH3 is 1. The number of aryl methyl sites for hydroxylation is 1. The smallest absolute Gasteiger partial charge is 0.355 e. The summed E-state index contributed by atoms with van der Waals surface area (Å²) in [5.74, 6) is 0.243. The van der Waals surface area contributed by atoms with E-state index in [0.29, 0.717) is 23.1 Å². The van der Waals surface area contributed by atoms with Crippen molar-refractivity contribution in [1.29, 1.82) is 0 Å². The summed E-state index contributed by atoms with van der Waals surface area (Å²) >= 11 is 1.29. The Morgan fingerprint density at radius 2 is 1.96 bits per heavy atom. The van der Waals surface area contributed by atoms with Crippen molar-refractivity contribution in [1.82, 2.24) is 4.98 Å². The van der Waals surface area contributed by atoms with E-state index in [9.17, 15) is 4.79 Å². The largest absolute Gasteiger partial charge is 0.493 e. The van der Waals surface area contributed by atoms with Crippen molar-refractivity contribution in [3.05, 3.63) is 65.2 Å². The molecule has 0 unspecified atom stereocenters. The molecule has 5 nitrogen and oxygen atoms in total. The van der Waals surface area contributed by atoms with E-state index in [0.717, 1.165) is 18.4 Å².